The maximum atomic E-state index is 12.5. The molecule has 5 nitrogen and oxygen atoms in total. The molecule has 1 atom stereocenters. The quantitative estimate of drug-likeness (QED) is 0.682. The first kappa shape index (κ1) is 19.0. The molecule has 0 heterocycles. The molecule has 0 aliphatic heterocycles. The minimum absolute atomic E-state index is 0.00164. The van der Waals surface area contributed by atoms with Crippen molar-refractivity contribution in [1.29, 1.82) is 0 Å². The second kappa shape index (κ2) is 7.97. The number of aromatic hydroxyl groups is 1. The molecule has 1 aliphatic carbocycles. The van der Waals surface area contributed by atoms with Crippen LogP contribution < -0.4 is 0 Å². The summed E-state index contributed by atoms with van der Waals surface area (Å²) in [6, 6.07) is 22.6. The van der Waals surface area contributed by atoms with E-state index in [1.54, 1.807) is 19.2 Å². The van der Waals surface area contributed by atoms with Crippen molar-refractivity contribution in [2.45, 2.75) is 12.0 Å². The topological polar surface area (TPSA) is 70.0 Å². The van der Waals surface area contributed by atoms with Crippen molar-refractivity contribution < 1.29 is 19.7 Å². The molecule has 3 aromatic carbocycles. The molecule has 0 radical (unpaired) electrons. The van der Waals surface area contributed by atoms with Gasteiger partial charge in [-0.2, -0.15) is 0 Å². The molecule has 0 saturated heterocycles. The summed E-state index contributed by atoms with van der Waals surface area (Å²) in [4.78, 5) is 13.9. The monoisotopic (exact) mass is 389 g/mol. The number of carbonyl (C=O) groups excluding carboxylic acids is 1. The molecule has 0 aromatic heterocycles. The second-order valence-corrected chi connectivity index (χ2v) is 7.29. The lowest BCUT2D eigenvalue weighted by molar-refractivity contribution is 0.0813. The van der Waals surface area contributed by atoms with Crippen LogP contribution in [0.15, 0.2) is 72.8 Å². The maximum Gasteiger partial charge on any atom is 0.409 e. The molecule has 1 aliphatic rings. The minimum atomic E-state index is -0.860. The Bertz CT molecular complexity index is 970. The van der Waals surface area contributed by atoms with Crippen LogP contribution in [0, 0.1) is 0 Å². The number of hydrogen-bond acceptors (Lipinski definition) is 4. The van der Waals surface area contributed by atoms with E-state index in [1.165, 1.54) is 28.2 Å². The number of rotatable bonds is 5. The van der Waals surface area contributed by atoms with Crippen LogP contribution in [0.5, 0.6) is 5.75 Å². The molecule has 29 heavy (non-hydrogen) atoms. The van der Waals surface area contributed by atoms with Crippen molar-refractivity contribution in [2.75, 3.05) is 20.2 Å². The number of hydrogen-bond donors (Lipinski definition) is 2. The molecule has 0 bridgehead atoms. The third-order valence-electron chi connectivity index (χ3n) is 5.37. The van der Waals surface area contributed by atoms with E-state index in [2.05, 4.69) is 24.3 Å². The van der Waals surface area contributed by atoms with Gasteiger partial charge in [0.2, 0.25) is 0 Å². The Kier molecular flexibility index (Phi) is 5.23. The zero-order valence-corrected chi connectivity index (χ0v) is 16.2. The fourth-order valence-electron chi connectivity index (χ4n) is 3.84. The molecule has 4 rings (SSSR count). The van der Waals surface area contributed by atoms with Gasteiger partial charge < -0.3 is 19.8 Å². The van der Waals surface area contributed by atoms with Crippen LogP contribution in [0.25, 0.3) is 11.1 Å². The normalized spacial score (nSPS) is 13.4. The van der Waals surface area contributed by atoms with Crippen molar-refractivity contribution in [3.8, 4) is 16.9 Å². The highest BCUT2D eigenvalue weighted by molar-refractivity contribution is 5.79. The summed E-state index contributed by atoms with van der Waals surface area (Å²) in [5.41, 5.74) is 5.31. The number of carbonyl (C=O) groups is 1. The molecule has 3 aromatic rings. The fraction of sp³-hybridized carbons (Fsp3) is 0.208. The Hall–Kier alpha value is -3.31. The zero-order chi connectivity index (χ0) is 20.4. The number of phenols is 1. The molecule has 1 amide bonds. The highest BCUT2D eigenvalue weighted by atomic mass is 16.6. The standard InChI is InChI=1S/C24H23NO4/c1-25(14-23(27)16-10-12-17(26)13-11-16)24(28)29-15-22-20-8-4-2-6-18(20)19-7-3-5-9-21(19)22/h2-13,22-23,26-27H,14-15H2,1H3. The molecule has 2 N–H and O–H groups in total. The summed E-state index contributed by atoms with van der Waals surface area (Å²) in [5, 5.41) is 19.7. The smallest absolute Gasteiger partial charge is 0.409 e. The van der Waals surface area contributed by atoms with Crippen molar-refractivity contribution in [3.63, 3.8) is 0 Å². The van der Waals surface area contributed by atoms with Crippen LogP contribution in [0.2, 0.25) is 0 Å². The van der Waals surface area contributed by atoms with Crippen LogP contribution in [0.3, 0.4) is 0 Å². The van der Waals surface area contributed by atoms with Crippen LogP contribution >= 0.6 is 0 Å². The molecule has 5 heteroatoms. The van der Waals surface area contributed by atoms with Crippen LogP contribution in [0.1, 0.15) is 28.7 Å². The third-order valence-corrected chi connectivity index (χ3v) is 5.37. The van der Waals surface area contributed by atoms with Gasteiger partial charge in [0, 0.05) is 13.0 Å². The van der Waals surface area contributed by atoms with Gasteiger partial charge in [-0.3, -0.25) is 0 Å². The highest BCUT2D eigenvalue weighted by Crippen LogP contribution is 2.44. The fourth-order valence-corrected chi connectivity index (χ4v) is 3.84. The van der Waals surface area contributed by atoms with Gasteiger partial charge in [-0.15, -0.1) is 0 Å². The number of benzene rings is 3. The Morgan fingerprint density at radius 3 is 2.10 bits per heavy atom. The Labute approximate surface area is 169 Å². The lowest BCUT2D eigenvalue weighted by atomic mass is 9.98. The molecule has 0 spiro atoms. The van der Waals surface area contributed by atoms with E-state index >= 15 is 0 Å². The van der Waals surface area contributed by atoms with Crippen molar-refractivity contribution in [2.24, 2.45) is 0 Å². The van der Waals surface area contributed by atoms with Gasteiger partial charge in [-0.1, -0.05) is 60.7 Å². The van der Waals surface area contributed by atoms with E-state index in [1.807, 2.05) is 24.3 Å². The van der Waals surface area contributed by atoms with E-state index in [0.29, 0.717) is 5.56 Å². The first-order valence-electron chi connectivity index (χ1n) is 9.57. The average Bonchev–Trinajstić information content (AvgIpc) is 3.06. The van der Waals surface area contributed by atoms with Gasteiger partial charge in [-0.05, 0) is 39.9 Å². The Morgan fingerprint density at radius 1 is 0.966 bits per heavy atom. The molecule has 0 saturated carbocycles. The van der Waals surface area contributed by atoms with Gasteiger partial charge in [0.1, 0.15) is 12.4 Å². The Morgan fingerprint density at radius 2 is 1.52 bits per heavy atom. The maximum absolute atomic E-state index is 12.5. The number of likely N-dealkylation sites (N-methyl/N-ethyl adjacent to an activating group) is 1. The number of phenolic OH excluding ortho intramolecular Hbond substituents is 1. The van der Waals surface area contributed by atoms with Gasteiger partial charge in [0.25, 0.3) is 0 Å². The van der Waals surface area contributed by atoms with E-state index in [0.717, 1.165) is 11.1 Å². The number of fused-ring (bicyclic) bond motifs is 3. The highest BCUT2D eigenvalue weighted by Gasteiger charge is 2.29. The van der Waals surface area contributed by atoms with Crippen LogP contribution in [-0.2, 0) is 4.74 Å². The van der Waals surface area contributed by atoms with Gasteiger partial charge in [0.15, 0.2) is 0 Å². The van der Waals surface area contributed by atoms with Crippen molar-refractivity contribution >= 4 is 6.09 Å². The predicted molar refractivity (Wildman–Crippen MR) is 111 cm³/mol. The molecular formula is C24H23NO4. The number of nitrogens with zero attached hydrogens (tertiary/aromatic N) is 1. The van der Waals surface area contributed by atoms with Gasteiger partial charge in [-0.25, -0.2) is 4.79 Å². The first-order valence-corrected chi connectivity index (χ1v) is 9.57. The van der Waals surface area contributed by atoms with Crippen LogP contribution in [0.4, 0.5) is 4.79 Å². The lowest BCUT2D eigenvalue weighted by Crippen LogP contribution is -2.32. The zero-order valence-electron chi connectivity index (χ0n) is 16.2. The first-order chi connectivity index (χ1) is 14.0. The summed E-state index contributed by atoms with van der Waals surface area (Å²) in [6.45, 7) is 0.341. The van der Waals surface area contributed by atoms with Gasteiger partial charge >= 0.3 is 6.09 Å². The predicted octanol–water partition coefficient (Wildman–Crippen LogP) is 4.31. The molecule has 1 unspecified atom stereocenters. The van der Waals surface area contributed by atoms with E-state index < -0.39 is 12.2 Å². The SMILES string of the molecule is CN(CC(O)c1ccc(O)cc1)C(=O)OCC1c2ccccc2-c2ccccc21. The minimum Gasteiger partial charge on any atom is -0.508 e. The summed E-state index contributed by atoms with van der Waals surface area (Å²) in [6.07, 6.45) is -1.34. The number of aliphatic hydroxyl groups excluding tert-OH is 1. The summed E-state index contributed by atoms with van der Waals surface area (Å²) >= 11 is 0. The van der Waals surface area contributed by atoms with E-state index in [-0.39, 0.29) is 24.8 Å². The van der Waals surface area contributed by atoms with E-state index in [4.69, 9.17) is 4.74 Å². The van der Waals surface area contributed by atoms with Crippen LogP contribution in [-0.4, -0.2) is 41.4 Å². The summed E-state index contributed by atoms with van der Waals surface area (Å²) in [5.74, 6) is 0.132. The Balaban J connectivity index is 1.41. The molecule has 0 fully saturated rings. The second-order valence-electron chi connectivity index (χ2n) is 7.29. The summed E-state index contributed by atoms with van der Waals surface area (Å²) in [7, 11) is 1.60. The number of amides is 1. The lowest BCUT2D eigenvalue weighted by Gasteiger charge is -2.22. The van der Waals surface area contributed by atoms with Crippen molar-refractivity contribution in [3.05, 3.63) is 89.5 Å². The van der Waals surface area contributed by atoms with Gasteiger partial charge in [0.05, 0.1) is 12.6 Å². The molecular weight excluding hydrogens is 366 g/mol. The summed E-state index contributed by atoms with van der Waals surface area (Å²) < 4.78 is 5.59. The number of aliphatic hydroxyl groups is 1. The largest absolute Gasteiger partial charge is 0.508 e. The number of ether oxygens (including phenoxy) is 1. The third kappa shape index (κ3) is 3.82. The average molecular weight is 389 g/mol. The molecule has 148 valence electrons. The van der Waals surface area contributed by atoms with Crippen molar-refractivity contribution in [1.82, 2.24) is 4.90 Å². The van der Waals surface area contributed by atoms with E-state index in [9.17, 15) is 15.0 Å².